The van der Waals surface area contributed by atoms with Crippen LogP contribution in [0.5, 0.6) is 11.5 Å². The Morgan fingerprint density at radius 3 is 1.05 bits per heavy atom. The van der Waals surface area contributed by atoms with Gasteiger partial charge in [0.1, 0.15) is 11.5 Å². The molecule has 0 saturated carbocycles. The van der Waals surface area contributed by atoms with E-state index in [0.717, 1.165) is 11.5 Å². The van der Waals surface area contributed by atoms with Crippen LogP contribution in [0.15, 0.2) is 36.4 Å². The molecule has 1 aliphatic heterocycles. The first kappa shape index (κ1) is 37.2. The Kier molecular flexibility index (Phi) is 13.3. The van der Waals surface area contributed by atoms with Gasteiger partial charge in [-0.05, 0) is 20.6 Å². The molecular weight excluding hydrogens is 915 g/mol. The molecule has 1 heterocycles. The third-order valence-corrected chi connectivity index (χ3v) is 13.7. The average molecular weight is 964 g/mol. The number of benzene rings is 2. The summed E-state index contributed by atoms with van der Waals surface area (Å²) in [4.78, 5) is 0. The van der Waals surface area contributed by atoms with Crippen LogP contribution in [0, 0.1) is 0 Å². The maximum atomic E-state index is 7.15. The van der Waals surface area contributed by atoms with Gasteiger partial charge in [0.25, 0.3) is 0 Å². The van der Waals surface area contributed by atoms with Crippen LogP contribution < -0.4 is 15.3 Å². The summed E-state index contributed by atoms with van der Waals surface area (Å²) < 4.78 is 7.15. The molecule has 0 radical (unpaired) electrons. The van der Waals surface area contributed by atoms with E-state index in [1.807, 2.05) is 0 Å². The molecule has 0 aliphatic carbocycles. The van der Waals surface area contributed by atoms with E-state index in [9.17, 15) is 0 Å². The Hall–Kier alpha value is 1.16. The summed E-state index contributed by atoms with van der Waals surface area (Å²) in [7, 11) is 8.22. The first-order valence-electron chi connectivity index (χ1n) is 13.0. The average Bonchev–Trinajstić information content (AvgIpc) is 2.74. The van der Waals surface area contributed by atoms with Gasteiger partial charge in [-0.25, -0.2) is 0 Å². The summed E-state index contributed by atoms with van der Waals surface area (Å²) in [6, 6.07) is 13.8. The van der Waals surface area contributed by atoms with E-state index < -0.39 is 15.8 Å². The van der Waals surface area contributed by atoms with Gasteiger partial charge in [-0.1, -0.05) is 149 Å². The number of hydrogen-bond donors (Lipinski definition) is 0. The van der Waals surface area contributed by atoms with Crippen molar-refractivity contribution in [2.45, 2.75) is 123 Å². The van der Waals surface area contributed by atoms with Gasteiger partial charge in [-0.15, -0.1) is 0 Å². The van der Waals surface area contributed by atoms with Gasteiger partial charge in [0.2, 0.25) is 0 Å². The van der Waals surface area contributed by atoms with Gasteiger partial charge in [-0.3, -0.25) is 0 Å². The molecule has 3 rings (SSSR count). The number of rotatable bonds is 2. The molecular formula is C31H48Au2Cl2OP2. The van der Waals surface area contributed by atoms with Gasteiger partial charge in [-0.2, -0.15) is 0 Å². The summed E-state index contributed by atoms with van der Waals surface area (Å²) in [5.74, 6) is 2.25. The van der Waals surface area contributed by atoms with E-state index in [2.05, 4.69) is 152 Å². The van der Waals surface area contributed by atoms with Crippen LogP contribution in [0.25, 0.3) is 0 Å². The molecule has 0 amide bonds. The predicted octanol–water partition coefficient (Wildman–Crippen LogP) is 10.9. The second-order valence-corrected chi connectivity index (χ2v) is 22.1. The van der Waals surface area contributed by atoms with E-state index in [0.29, 0.717) is 0 Å². The Morgan fingerprint density at radius 1 is 0.553 bits per heavy atom. The molecule has 224 valence electrons. The van der Waals surface area contributed by atoms with Crippen molar-refractivity contribution in [1.82, 2.24) is 0 Å². The monoisotopic (exact) mass is 962 g/mol. The Balaban J connectivity index is 0.00000172. The van der Waals surface area contributed by atoms with Gasteiger partial charge in [0.15, 0.2) is 0 Å². The van der Waals surface area contributed by atoms with Crippen LogP contribution in [-0.2, 0) is 45.4 Å². The number of halogens is 2. The fraction of sp³-hybridized carbons (Fsp3) is 0.613. The van der Waals surface area contributed by atoms with Crippen LogP contribution in [0.4, 0.5) is 0 Å². The van der Waals surface area contributed by atoms with E-state index >= 15 is 0 Å². The topological polar surface area (TPSA) is 9.23 Å². The molecule has 0 bridgehead atoms. The molecule has 2 aromatic carbocycles. The van der Waals surface area contributed by atoms with Gasteiger partial charge < -0.3 is 4.74 Å². The molecule has 0 unspecified atom stereocenters. The zero-order chi connectivity index (χ0) is 30.1. The number of hydrogen-bond acceptors (Lipinski definition) is 1. The van der Waals surface area contributed by atoms with Gasteiger partial charge >= 0.3 is 58.4 Å². The third kappa shape index (κ3) is 8.16. The van der Waals surface area contributed by atoms with Crippen molar-refractivity contribution in [3.63, 3.8) is 0 Å². The van der Waals surface area contributed by atoms with E-state index in [1.54, 1.807) is 40.0 Å². The van der Waals surface area contributed by atoms with Crippen LogP contribution in [-0.4, -0.2) is 20.6 Å². The second-order valence-electron chi connectivity index (χ2n) is 14.4. The van der Waals surface area contributed by atoms with Crippen molar-refractivity contribution in [3.05, 3.63) is 47.5 Å². The first-order valence-corrected chi connectivity index (χ1v) is 21.0. The zero-order valence-corrected chi connectivity index (χ0v) is 33.3. The van der Waals surface area contributed by atoms with Crippen molar-refractivity contribution in [3.8, 4) is 11.5 Å². The Bertz CT molecular complexity index is 964. The third-order valence-electron chi connectivity index (χ3n) is 6.70. The quantitative estimate of drug-likeness (QED) is 0.215. The second kappa shape index (κ2) is 13.6. The first-order chi connectivity index (χ1) is 17.2. The zero-order valence-electron chi connectivity index (χ0n) is 25.6. The minimum absolute atomic E-state index is 0.109. The Morgan fingerprint density at radius 2 is 0.816 bits per heavy atom. The molecule has 0 N–H and O–H groups in total. The van der Waals surface area contributed by atoms with Crippen molar-refractivity contribution < 1.29 is 44.7 Å². The van der Waals surface area contributed by atoms with Crippen molar-refractivity contribution >= 4 is 44.8 Å². The van der Waals surface area contributed by atoms with Crippen molar-refractivity contribution in [2.24, 2.45) is 0 Å². The molecule has 7 heteroatoms. The summed E-state index contributed by atoms with van der Waals surface area (Å²) in [6.45, 7) is 33.5. The van der Waals surface area contributed by atoms with E-state index in [4.69, 9.17) is 4.74 Å². The minimum atomic E-state index is -0.473. The summed E-state index contributed by atoms with van der Waals surface area (Å²) in [5.41, 5.74) is 2.54. The molecule has 0 atom stereocenters. The molecule has 0 spiro atoms. The summed E-state index contributed by atoms with van der Waals surface area (Å²) in [5, 5.41) is 3.55. The maximum absolute atomic E-state index is 7.15. The van der Waals surface area contributed by atoms with Crippen LogP contribution in [0.2, 0.25) is 0 Å². The van der Waals surface area contributed by atoms with Crippen molar-refractivity contribution in [1.29, 1.82) is 0 Å². The molecule has 0 fully saturated rings. The van der Waals surface area contributed by atoms with Gasteiger partial charge in [0, 0.05) is 27.2 Å². The molecule has 1 aliphatic rings. The predicted molar refractivity (Wildman–Crippen MR) is 169 cm³/mol. The van der Waals surface area contributed by atoms with E-state index in [-0.39, 0.29) is 26.0 Å². The number of para-hydroxylation sites is 2. The standard InChI is InChI=1S/C31H48OP2.2Au.2ClH/c1-27(2,3)33(28(4,5)6)23-19-15-17-21-25(23)32-26-22(31(21,13)14)18-16-20-24(26)34(29(7,8)9)30(10,11)12;;;;/h15-20H,1-14H3;;;2*1H/q;2*+1;;/p-2. The summed E-state index contributed by atoms with van der Waals surface area (Å²) in [6.07, 6.45) is 0. The summed E-state index contributed by atoms with van der Waals surface area (Å²) >= 11 is 3.50. The number of ether oxygens (including phenoxy) is 1. The fourth-order valence-corrected chi connectivity index (χ4v) is 14.4. The molecule has 1 nitrogen and oxygen atoms in total. The fourth-order valence-electron chi connectivity index (χ4n) is 6.31. The molecule has 0 aromatic heterocycles. The van der Waals surface area contributed by atoms with E-state index in [1.165, 1.54) is 21.7 Å². The number of fused-ring (bicyclic) bond motifs is 2. The molecule has 38 heavy (non-hydrogen) atoms. The van der Waals surface area contributed by atoms with Crippen molar-refractivity contribution in [2.75, 3.05) is 0 Å². The molecule has 0 saturated heterocycles. The van der Waals surface area contributed by atoms with Gasteiger partial charge in [0.05, 0.1) is 0 Å². The normalized spacial score (nSPS) is 15.0. The van der Waals surface area contributed by atoms with Crippen LogP contribution >= 0.6 is 34.2 Å². The van der Waals surface area contributed by atoms with Crippen LogP contribution in [0.1, 0.15) is 108 Å². The van der Waals surface area contributed by atoms with Crippen LogP contribution in [0.3, 0.4) is 0 Å². The SMILES string of the molecule is CC1(C)c2cccc(P(C(C)(C)C)C(C)(C)C)c2Oc2c(P(C(C)(C)C)C(C)(C)C)cccc21.[Cl][Au].[Cl][Au]. The molecule has 2 aromatic rings. The Labute approximate surface area is 269 Å².